The molecule has 3 aromatic carbocycles. The third kappa shape index (κ3) is 4.60. The van der Waals surface area contributed by atoms with Gasteiger partial charge in [-0.05, 0) is 39.6 Å². The third-order valence-electron chi connectivity index (χ3n) is 5.14. The van der Waals surface area contributed by atoms with E-state index < -0.39 is 6.04 Å². The molecule has 2 atom stereocenters. The zero-order valence-electron chi connectivity index (χ0n) is 16.7. The van der Waals surface area contributed by atoms with Gasteiger partial charge in [-0.2, -0.15) is 0 Å². The average Bonchev–Trinajstić information content (AvgIpc) is 3.33. The van der Waals surface area contributed by atoms with Gasteiger partial charge in [-0.15, -0.1) is 5.10 Å². The molecule has 30 heavy (non-hydrogen) atoms. The Bertz CT molecular complexity index is 1060. The highest BCUT2D eigenvalue weighted by atomic mass is 16.2. The van der Waals surface area contributed by atoms with E-state index >= 15 is 0 Å². The molecule has 6 nitrogen and oxygen atoms in total. The molecule has 150 valence electrons. The van der Waals surface area contributed by atoms with Crippen LogP contribution in [0.3, 0.4) is 0 Å². The summed E-state index contributed by atoms with van der Waals surface area (Å²) in [7, 11) is 0. The minimum atomic E-state index is -0.520. The van der Waals surface area contributed by atoms with Crippen LogP contribution in [0.15, 0.2) is 91.3 Å². The zero-order valence-corrected chi connectivity index (χ0v) is 16.7. The van der Waals surface area contributed by atoms with E-state index in [1.54, 1.807) is 0 Å². The van der Waals surface area contributed by atoms with Crippen LogP contribution in [-0.2, 0) is 11.2 Å². The van der Waals surface area contributed by atoms with Gasteiger partial charge in [0.2, 0.25) is 5.91 Å². The first kappa shape index (κ1) is 19.5. The highest BCUT2D eigenvalue weighted by Gasteiger charge is 2.24. The van der Waals surface area contributed by atoms with E-state index in [9.17, 15) is 4.79 Å². The number of carbonyl (C=O) groups excluding carboxylic acids is 1. The SMILES string of the molecule is C[C@H](NC(=O)[C@@H](Cc1ccccc1)n1cnnn1)c1ccc(-c2ccccc2)cc1. The monoisotopic (exact) mass is 397 g/mol. The standard InChI is InChI=1S/C24H23N5O/c1-18(20-12-14-22(15-13-20)21-10-6-3-7-11-21)26-24(30)23(29-17-25-27-28-29)16-19-8-4-2-5-9-19/h2-15,17-18,23H,16H2,1H3,(H,26,30)/t18-,23+/m0/s1. The van der Waals surface area contributed by atoms with E-state index in [0.717, 1.165) is 16.7 Å². The fraction of sp³-hybridized carbons (Fsp3) is 0.167. The first-order valence-corrected chi connectivity index (χ1v) is 9.93. The number of benzene rings is 3. The Kier molecular flexibility index (Phi) is 5.94. The smallest absolute Gasteiger partial charge is 0.245 e. The van der Waals surface area contributed by atoms with Gasteiger partial charge in [0.25, 0.3) is 0 Å². The fourth-order valence-corrected chi connectivity index (χ4v) is 3.44. The van der Waals surface area contributed by atoms with Gasteiger partial charge in [0.15, 0.2) is 0 Å². The maximum atomic E-state index is 13.1. The normalized spacial score (nSPS) is 12.8. The van der Waals surface area contributed by atoms with Gasteiger partial charge in [-0.1, -0.05) is 84.9 Å². The van der Waals surface area contributed by atoms with Crippen LogP contribution in [0, 0.1) is 0 Å². The summed E-state index contributed by atoms with van der Waals surface area (Å²) in [6.45, 7) is 1.98. The summed E-state index contributed by atoms with van der Waals surface area (Å²) in [4.78, 5) is 13.1. The lowest BCUT2D eigenvalue weighted by Crippen LogP contribution is -2.35. The van der Waals surface area contributed by atoms with E-state index in [2.05, 4.69) is 57.2 Å². The van der Waals surface area contributed by atoms with E-state index in [1.807, 2.05) is 55.5 Å². The Hall–Kier alpha value is -3.80. The van der Waals surface area contributed by atoms with Crippen LogP contribution in [0.1, 0.15) is 30.1 Å². The molecule has 1 N–H and O–H groups in total. The number of tetrazole rings is 1. The molecule has 0 aliphatic heterocycles. The molecule has 0 unspecified atom stereocenters. The molecule has 4 rings (SSSR count). The highest BCUT2D eigenvalue weighted by Crippen LogP contribution is 2.22. The van der Waals surface area contributed by atoms with Gasteiger partial charge >= 0.3 is 0 Å². The zero-order chi connectivity index (χ0) is 20.8. The van der Waals surface area contributed by atoms with Gasteiger partial charge in [-0.25, -0.2) is 4.68 Å². The minimum absolute atomic E-state index is 0.120. The summed E-state index contributed by atoms with van der Waals surface area (Å²) < 4.78 is 1.51. The molecule has 0 fully saturated rings. The second-order valence-electron chi connectivity index (χ2n) is 7.21. The summed E-state index contributed by atoms with van der Waals surface area (Å²) in [6, 6.07) is 27.7. The van der Waals surface area contributed by atoms with E-state index in [-0.39, 0.29) is 11.9 Å². The van der Waals surface area contributed by atoms with Crippen molar-refractivity contribution in [3.05, 3.63) is 102 Å². The number of hydrogen-bond donors (Lipinski definition) is 1. The van der Waals surface area contributed by atoms with Gasteiger partial charge in [0, 0.05) is 6.42 Å². The number of carbonyl (C=O) groups is 1. The number of aromatic nitrogens is 4. The molecule has 0 aliphatic carbocycles. The minimum Gasteiger partial charge on any atom is -0.348 e. The van der Waals surface area contributed by atoms with Crippen LogP contribution in [0.2, 0.25) is 0 Å². The Morgan fingerprint density at radius 3 is 2.17 bits per heavy atom. The van der Waals surface area contributed by atoms with Crippen LogP contribution < -0.4 is 5.32 Å². The number of nitrogens with one attached hydrogen (secondary N) is 1. The summed E-state index contributed by atoms with van der Waals surface area (Å²) in [6.07, 6.45) is 1.99. The number of amides is 1. The molecule has 0 radical (unpaired) electrons. The van der Waals surface area contributed by atoms with Gasteiger partial charge in [0.1, 0.15) is 12.4 Å². The van der Waals surface area contributed by atoms with Crippen molar-refractivity contribution in [1.29, 1.82) is 0 Å². The van der Waals surface area contributed by atoms with Crippen molar-refractivity contribution in [2.45, 2.75) is 25.4 Å². The predicted octanol–water partition coefficient (Wildman–Crippen LogP) is 4.00. The van der Waals surface area contributed by atoms with Crippen molar-refractivity contribution in [3.8, 4) is 11.1 Å². The first-order chi connectivity index (χ1) is 14.7. The molecule has 0 spiro atoms. The Morgan fingerprint density at radius 2 is 1.53 bits per heavy atom. The first-order valence-electron chi connectivity index (χ1n) is 9.93. The van der Waals surface area contributed by atoms with Gasteiger partial charge in [0.05, 0.1) is 6.04 Å². The highest BCUT2D eigenvalue weighted by molar-refractivity contribution is 5.81. The Morgan fingerprint density at radius 1 is 0.900 bits per heavy atom. The maximum absolute atomic E-state index is 13.1. The van der Waals surface area contributed by atoms with Gasteiger partial charge < -0.3 is 5.32 Å². The van der Waals surface area contributed by atoms with E-state index in [1.165, 1.54) is 16.6 Å². The Labute approximate surface area is 175 Å². The molecule has 1 aromatic heterocycles. The van der Waals surface area contributed by atoms with E-state index in [4.69, 9.17) is 0 Å². The van der Waals surface area contributed by atoms with Crippen molar-refractivity contribution in [3.63, 3.8) is 0 Å². The molecular weight excluding hydrogens is 374 g/mol. The fourth-order valence-electron chi connectivity index (χ4n) is 3.44. The molecule has 0 saturated carbocycles. The third-order valence-corrected chi connectivity index (χ3v) is 5.14. The van der Waals surface area contributed by atoms with Crippen molar-refractivity contribution >= 4 is 5.91 Å². The second-order valence-corrected chi connectivity index (χ2v) is 7.21. The summed E-state index contributed by atoms with van der Waals surface area (Å²) in [5, 5.41) is 14.5. The summed E-state index contributed by atoms with van der Waals surface area (Å²) in [5.41, 5.74) is 4.40. The predicted molar refractivity (Wildman–Crippen MR) is 115 cm³/mol. The van der Waals surface area contributed by atoms with Crippen molar-refractivity contribution in [2.75, 3.05) is 0 Å². The molecule has 0 bridgehead atoms. The van der Waals surface area contributed by atoms with Crippen LogP contribution >= 0.6 is 0 Å². The lowest BCUT2D eigenvalue weighted by Gasteiger charge is -2.20. The van der Waals surface area contributed by atoms with Crippen LogP contribution in [-0.4, -0.2) is 26.1 Å². The van der Waals surface area contributed by atoms with Crippen LogP contribution in [0.4, 0.5) is 0 Å². The van der Waals surface area contributed by atoms with Crippen molar-refractivity contribution in [2.24, 2.45) is 0 Å². The van der Waals surface area contributed by atoms with Crippen molar-refractivity contribution in [1.82, 2.24) is 25.5 Å². The lowest BCUT2D eigenvalue weighted by molar-refractivity contribution is -0.125. The van der Waals surface area contributed by atoms with E-state index in [0.29, 0.717) is 6.42 Å². The molecular formula is C24H23N5O. The van der Waals surface area contributed by atoms with Crippen LogP contribution in [0.5, 0.6) is 0 Å². The molecule has 4 aromatic rings. The number of hydrogen-bond acceptors (Lipinski definition) is 4. The van der Waals surface area contributed by atoms with Crippen molar-refractivity contribution < 1.29 is 4.79 Å². The van der Waals surface area contributed by atoms with Gasteiger partial charge in [-0.3, -0.25) is 4.79 Å². The average molecular weight is 397 g/mol. The lowest BCUT2D eigenvalue weighted by atomic mass is 10.0. The molecule has 0 aliphatic rings. The quantitative estimate of drug-likeness (QED) is 0.512. The topological polar surface area (TPSA) is 72.7 Å². The number of rotatable bonds is 7. The molecule has 0 saturated heterocycles. The molecule has 6 heteroatoms. The molecule has 1 heterocycles. The summed E-state index contributed by atoms with van der Waals surface area (Å²) >= 11 is 0. The largest absolute Gasteiger partial charge is 0.348 e. The Balaban J connectivity index is 1.48. The second kappa shape index (κ2) is 9.13. The van der Waals surface area contributed by atoms with Crippen LogP contribution in [0.25, 0.3) is 11.1 Å². The molecule has 1 amide bonds. The number of nitrogens with zero attached hydrogens (tertiary/aromatic N) is 4. The maximum Gasteiger partial charge on any atom is 0.245 e. The summed E-state index contributed by atoms with van der Waals surface area (Å²) in [5.74, 6) is -0.120.